The second-order valence-electron chi connectivity index (χ2n) is 12.9. The van der Waals surface area contributed by atoms with Gasteiger partial charge in [-0.2, -0.15) is 0 Å². The molecule has 2 aromatic rings. The minimum Gasteiger partial charge on any atom is -0.0654 e. The first-order valence-electron chi connectivity index (χ1n) is 18.3. The smallest absolute Gasteiger partial charge is 0 e. The molecule has 2 rings (SSSR count). The number of hydrogen-bond acceptors (Lipinski definition) is 0. The van der Waals surface area contributed by atoms with Crippen molar-refractivity contribution in [1.29, 1.82) is 0 Å². The van der Waals surface area contributed by atoms with Crippen molar-refractivity contribution in [1.82, 2.24) is 0 Å². The van der Waals surface area contributed by atoms with Crippen LogP contribution in [0.3, 0.4) is 0 Å². The Morgan fingerprint density at radius 1 is 0.390 bits per heavy atom. The maximum Gasteiger partial charge on any atom is 0 e. The Labute approximate surface area is 279 Å². The summed E-state index contributed by atoms with van der Waals surface area (Å²) < 4.78 is 0. The van der Waals surface area contributed by atoms with Crippen molar-refractivity contribution in [2.75, 3.05) is 0 Å². The van der Waals surface area contributed by atoms with Crippen LogP contribution in [0.25, 0.3) is 10.8 Å². The molecule has 41 heavy (non-hydrogen) atoms. The molecule has 0 heterocycles. The van der Waals surface area contributed by atoms with Gasteiger partial charge in [-0.1, -0.05) is 186 Å². The Bertz CT molecular complexity index is 853. The molecular formula is C40H68Na. The standard InChI is InChI=1S/C40H68.Na/c1-4-7-10-13-16-19-22-25-30-36-35-37-31-28-29-33-39(37)40(34-27-24-21-18-15-12-9-6-3)38(36)32-26-23-20-17-14-11-8-5-2;/h28-29,31,33,35H,4-27,30,32,34H2,1-3H3;. The fourth-order valence-electron chi connectivity index (χ4n) is 6.67. The molecule has 2 aromatic carbocycles. The predicted molar refractivity (Wildman–Crippen MR) is 189 cm³/mol. The third kappa shape index (κ3) is 17.6. The summed E-state index contributed by atoms with van der Waals surface area (Å²) in [5, 5.41) is 3.05. The third-order valence-corrected chi connectivity index (χ3v) is 9.23. The van der Waals surface area contributed by atoms with Gasteiger partial charge in [-0.25, -0.2) is 0 Å². The van der Waals surface area contributed by atoms with E-state index in [4.69, 9.17) is 0 Å². The van der Waals surface area contributed by atoms with E-state index in [0.29, 0.717) is 0 Å². The Hall–Kier alpha value is -0.300. The fraction of sp³-hybridized carbons (Fsp3) is 0.750. The Morgan fingerprint density at radius 2 is 0.756 bits per heavy atom. The maximum absolute atomic E-state index is 2.59. The predicted octanol–water partition coefficient (Wildman–Crippen LogP) is 13.5. The van der Waals surface area contributed by atoms with Crippen LogP contribution in [0, 0.1) is 0 Å². The van der Waals surface area contributed by atoms with Crippen molar-refractivity contribution in [2.24, 2.45) is 0 Å². The van der Waals surface area contributed by atoms with E-state index in [1.165, 1.54) is 179 Å². The van der Waals surface area contributed by atoms with Crippen LogP contribution in [0.2, 0.25) is 0 Å². The van der Waals surface area contributed by atoms with Crippen molar-refractivity contribution < 1.29 is 0 Å². The van der Waals surface area contributed by atoms with Crippen molar-refractivity contribution in [3.05, 3.63) is 47.0 Å². The van der Waals surface area contributed by atoms with Crippen LogP contribution in [0.5, 0.6) is 0 Å². The summed E-state index contributed by atoms with van der Waals surface area (Å²) in [6.45, 7) is 6.95. The summed E-state index contributed by atoms with van der Waals surface area (Å²) in [6.07, 6.45) is 37.7. The van der Waals surface area contributed by atoms with Gasteiger partial charge in [0.2, 0.25) is 0 Å². The summed E-state index contributed by atoms with van der Waals surface area (Å²) in [4.78, 5) is 0. The molecule has 1 radical (unpaired) electrons. The molecule has 0 saturated carbocycles. The summed E-state index contributed by atoms with van der Waals surface area (Å²) in [5.41, 5.74) is 5.18. The van der Waals surface area contributed by atoms with Gasteiger partial charge in [-0.3, -0.25) is 0 Å². The van der Waals surface area contributed by atoms with Crippen LogP contribution >= 0.6 is 0 Å². The van der Waals surface area contributed by atoms with E-state index in [-0.39, 0.29) is 29.6 Å². The van der Waals surface area contributed by atoms with E-state index in [0.717, 1.165) is 0 Å². The molecule has 0 aromatic heterocycles. The van der Waals surface area contributed by atoms with E-state index < -0.39 is 0 Å². The van der Waals surface area contributed by atoms with E-state index in [2.05, 4.69) is 51.1 Å². The Balaban J connectivity index is 0.00000840. The molecule has 0 spiro atoms. The molecule has 0 saturated heterocycles. The van der Waals surface area contributed by atoms with Gasteiger partial charge in [0, 0.05) is 29.6 Å². The van der Waals surface area contributed by atoms with E-state index in [1.54, 1.807) is 22.1 Å². The van der Waals surface area contributed by atoms with Gasteiger partial charge in [0.05, 0.1) is 0 Å². The molecule has 0 nitrogen and oxygen atoms in total. The minimum atomic E-state index is 0. The van der Waals surface area contributed by atoms with Gasteiger partial charge in [-0.15, -0.1) is 0 Å². The number of unbranched alkanes of at least 4 members (excludes halogenated alkanes) is 21. The minimum absolute atomic E-state index is 0. The number of benzene rings is 2. The van der Waals surface area contributed by atoms with E-state index >= 15 is 0 Å². The van der Waals surface area contributed by atoms with Crippen molar-refractivity contribution in [2.45, 2.75) is 194 Å². The zero-order valence-corrected chi connectivity index (χ0v) is 30.5. The molecule has 0 amide bonds. The Kier molecular flexibility index (Phi) is 25.8. The topological polar surface area (TPSA) is 0 Å². The normalized spacial score (nSPS) is 11.3. The molecule has 0 unspecified atom stereocenters. The summed E-state index contributed by atoms with van der Waals surface area (Å²) >= 11 is 0. The summed E-state index contributed by atoms with van der Waals surface area (Å²) in [6, 6.07) is 11.9. The van der Waals surface area contributed by atoms with Crippen LogP contribution < -0.4 is 0 Å². The van der Waals surface area contributed by atoms with Crippen LogP contribution in [0.4, 0.5) is 0 Å². The van der Waals surface area contributed by atoms with Gasteiger partial charge < -0.3 is 0 Å². The van der Waals surface area contributed by atoms with Crippen LogP contribution in [-0.4, -0.2) is 29.6 Å². The monoisotopic (exact) mass is 572 g/mol. The van der Waals surface area contributed by atoms with Gasteiger partial charge in [0.1, 0.15) is 0 Å². The molecular weight excluding hydrogens is 503 g/mol. The molecule has 0 N–H and O–H groups in total. The van der Waals surface area contributed by atoms with Crippen molar-refractivity contribution in [3.63, 3.8) is 0 Å². The molecule has 229 valence electrons. The maximum atomic E-state index is 2.59. The number of rotatable bonds is 27. The second kappa shape index (κ2) is 27.3. The summed E-state index contributed by atoms with van der Waals surface area (Å²) in [5.74, 6) is 0. The van der Waals surface area contributed by atoms with Gasteiger partial charge in [0.25, 0.3) is 0 Å². The quantitative estimate of drug-likeness (QED) is 0.0739. The first kappa shape index (κ1) is 38.7. The molecule has 0 aliphatic heterocycles. The zero-order valence-electron chi connectivity index (χ0n) is 28.5. The van der Waals surface area contributed by atoms with Gasteiger partial charge >= 0.3 is 0 Å². The SMILES string of the molecule is CCCCCCCCCCc1cc2ccccc2c(CCCCCCCCCC)c1CCCCCCCCCC.[Na]. The average Bonchev–Trinajstić information content (AvgIpc) is 2.97. The first-order chi connectivity index (χ1) is 19.8. The third-order valence-electron chi connectivity index (χ3n) is 9.23. The van der Waals surface area contributed by atoms with Crippen LogP contribution in [0.15, 0.2) is 30.3 Å². The largest absolute Gasteiger partial charge is 0.0654 e. The molecule has 0 atom stereocenters. The van der Waals surface area contributed by atoms with Crippen LogP contribution in [-0.2, 0) is 19.3 Å². The first-order valence-corrected chi connectivity index (χ1v) is 18.3. The summed E-state index contributed by atoms with van der Waals surface area (Å²) in [7, 11) is 0. The fourth-order valence-corrected chi connectivity index (χ4v) is 6.67. The van der Waals surface area contributed by atoms with Crippen molar-refractivity contribution >= 4 is 40.3 Å². The average molecular weight is 572 g/mol. The molecule has 1 heteroatoms. The van der Waals surface area contributed by atoms with Gasteiger partial charge in [-0.05, 0) is 66.0 Å². The molecule has 0 aliphatic rings. The van der Waals surface area contributed by atoms with Crippen LogP contribution in [0.1, 0.15) is 192 Å². The molecule has 0 aliphatic carbocycles. The number of hydrogen-bond donors (Lipinski definition) is 0. The molecule has 0 fully saturated rings. The van der Waals surface area contributed by atoms with E-state index in [9.17, 15) is 0 Å². The van der Waals surface area contributed by atoms with Gasteiger partial charge in [0.15, 0.2) is 0 Å². The van der Waals surface area contributed by atoms with Crippen molar-refractivity contribution in [3.8, 4) is 0 Å². The number of fused-ring (bicyclic) bond motifs is 1. The number of aryl methyl sites for hydroxylation is 2. The zero-order chi connectivity index (χ0) is 28.5. The molecule has 0 bridgehead atoms. The Morgan fingerprint density at radius 3 is 1.22 bits per heavy atom. The van der Waals surface area contributed by atoms with E-state index in [1.807, 2.05) is 0 Å². The second-order valence-corrected chi connectivity index (χ2v) is 12.9.